The van der Waals surface area contributed by atoms with Crippen molar-refractivity contribution >= 4 is 45.0 Å². The Bertz CT molecular complexity index is 1290. The van der Waals surface area contributed by atoms with E-state index in [9.17, 15) is 14.9 Å². The lowest BCUT2D eigenvalue weighted by atomic mass is 10.2. The second kappa shape index (κ2) is 7.76. The highest BCUT2D eigenvalue weighted by atomic mass is 32.1. The highest BCUT2D eigenvalue weighted by molar-refractivity contribution is 7.09. The fraction of sp³-hybridized carbons (Fsp3) is 0.200. The molecule has 2 heterocycles. The molecule has 4 rings (SSSR count). The number of benzene rings is 2. The second-order valence-corrected chi connectivity index (χ2v) is 8.42. The molecule has 0 aliphatic rings. The van der Waals surface area contributed by atoms with Crippen LogP contribution in [0.1, 0.15) is 20.8 Å². The Morgan fingerprint density at radius 1 is 1.23 bits per heavy atom. The van der Waals surface area contributed by atoms with Gasteiger partial charge in [0.2, 0.25) is 5.13 Å². The summed E-state index contributed by atoms with van der Waals surface area (Å²) in [6.07, 6.45) is 1.04. The van der Waals surface area contributed by atoms with Crippen molar-refractivity contribution in [3.63, 3.8) is 0 Å². The van der Waals surface area contributed by atoms with Crippen molar-refractivity contribution in [3.05, 3.63) is 58.8 Å². The SMILES string of the molecule is CC(C)(C)OC(=O)n1ncc2cc(Nc3nc(-c4cccc([N+](=O)[O-])c4)ns3)ccc21. The first-order valence-electron chi connectivity index (χ1n) is 9.26. The van der Waals surface area contributed by atoms with E-state index < -0.39 is 16.6 Å². The van der Waals surface area contributed by atoms with E-state index in [1.54, 1.807) is 51.2 Å². The van der Waals surface area contributed by atoms with Gasteiger partial charge in [-0.05, 0) is 39.0 Å². The Kier molecular flexibility index (Phi) is 5.11. The van der Waals surface area contributed by atoms with Crippen LogP contribution in [0.4, 0.5) is 21.3 Å². The molecule has 0 aliphatic heterocycles. The number of hydrogen-bond donors (Lipinski definition) is 1. The average Bonchev–Trinajstić information content (AvgIpc) is 3.33. The van der Waals surface area contributed by atoms with Gasteiger partial charge < -0.3 is 10.1 Å². The predicted molar refractivity (Wildman–Crippen MR) is 117 cm³/mol. The van der Waals surface area contributed by atoms with Gasteiger partial charge in [0.1, 0.15) is 5.60 Å². The maximum atomic E-state index is 12.3. The third-order valence-electron chi connectivity index (χ3n) is 4.13. The van der Waals surface area contributed by atoms with Gasteiger partial charge in [-0.15, -0.1) is 0 Å². The summed E-state index contributed by atoms with van der Waals surface area (Å²) in [7, 11) is 0. The lowest BCUT2D eigenvalue weighted by Crippen LogP contribution is -2.27. The minimum Gasteiger partial charge on any atom is -0.442 e. The number of carbonyl (C=O) groups excluding carboxylic acids is 1. The molecule has 2 aromatic heterocycles. The van der Waals surface area contributed by atoms with E-state index >= 15 is 0 Å². The van der Waals surface area contributed by atoms with E-state index in [0.717, 1.165) is 22.6 Å². The summed E-state index contributed by atoms with van der Waals surface area (Å²) in [5.74, 6) is 0.398. The number of anilines is 2. The Balaban J connectivity index is 1.54. The molecule has 2 aromatic carbocycles. The van der Waals surface area contributed by atoms with Gasteiger partial charge in [-0.1, -0.05) is 12.1 Å². The predicted octanol–water partition coefficient (Wildman–Crippen LogP) is 4.99. The van der Waals surface area contributed by atoms with E-state index in [1.807, 2.05) is 6.07 Å². The number of ether oxygens (including phenoxy) is 1. The summed E-state index contributed by atoms with van der Waals surface area (Å²) in [6.45, 7) is 5.38. The first kappa shape index (κ1) is 20.4. The van der Waals surface area contributed by atoms with E-state index in [-0.39, 0.29) is 5.69 Å². The monoisotopic (exact) mass is 438 g/mol. The number of carbonyl (C=O) groups is 1. The van der Waals surface area contributed by atoms with Crippen molar-refractivity contribution < 1.29 is 14.5 Å². The van der Waals surface area contributed by atoms with Crippen LogP contribution in [-0.2, 0) is 4.74 Å². The van der Waals surface area contributed by atoms with Crippen molar-refractivity contribution in [1.82, 2.24) is 19.1 Å². The third-order valence-corrected chi connectivity index (χ3v) is 4.76. The van der Waals surface area contributed by atoms with E-state index in [4.69, 9.17) is 4.74 Å². The number of hydrogen-bond acceptors (Lipinski definition) is 9. The van der Waals surface area contributed by atoms with Crippen molar-refractivity contribution in [2.45, 2.75) is 26.4 Å². The van der Waals surface area contributed by atoms with E-state index in [0.29, 0.717) is 22.0 Å². The maximum absolute atomic E-state index is 12.3. The van der Waals surface area contributed by atoms with Crippen LogP contribution in [0.15, 0.2) is 48.7 Å². The van der Waals surface area contributed by atoms with Crippen LogP contribution < -0.4 is 5.32 Å². The van der Waals surface area contributed by atoms with Gasteiger partial charge in [0.15, 0.2) is 5.82 Å². The molecule has 0 saturated heterocycles. The smallest absolute Gasteiger partial charge is 0.435 e. The number of nitro benzene ring substituents is 1. The summed E-state index contributed by atoms with van der Waals surface area (Å²) in [4.78, 5) is 27.2. The number of rotatable bonds is 4. The van der Waals surface area contributed by atoms with Crippen LogP contribution in [-0.4, -0.2) is 35.8 Å². The molecule has 11 heteroatoms. The molecule has 0 saturated carbocycles. The summed E-state index contributed by atoms with van der Waals surface area (Å²) in [6, 6.07) is 11.5. The standard InChI is InChI=1S/C20H18N6O4S/c1-20(2,3)30-19(27)25-16-8-7-14(9-13(16)11-21-25)22-18-23-17(24-31-18)12-5-4-6-15(10-12)26(28)29/h4-11H,1-3H3,(H,22,23,24). The van der Waals surface area contributed by atoms with Gasteiger partial charge in [-0.3, -0.25) is 10.1 Å². The number of nitrogens with zero attached hydrogens (tertiary/aromatic N) is 5. The number of nitro groups is 1. The zero-order chi connectivity index (χ0) is 22.2. The molecule has 0 radical (unpaired) electrons. The van der Waals surface area contributed by atoms with Gasteiger partial charge in [0, 0.05) is 40.3 Å². The molecule has 0 bridgehead atoms. The molecule has 0 atom stereocenters. The minimum atomic E-state index is -0.619. The largest absolute Gasteiger partial charge is 0.442 e. The highest BCUT2D eigenvalue weighted by Gasteiger charge is 2.20. The van der Waals surface area contributed by atoms with Gasteiger partial charge in [-0.2, -0.15) is 19.1 Å². The van der Waals surface area contributed by atoms with Crippen molar-refractivity contribution in [2.24, 2.45) is 0 Å². The van der Waals surface area contributed by atoms with E-state index in [2.05, 4.69) is 19.8 Å². The average molecular weight is 438 g/mol. The van der Waals surface area contributed by atoms with Gasteiger partial charge in [0.25, 0.3) is 5.69 Å². The van der Waals surface area contributed by atoms with Crippen LogP contribution >= 0.6 is 11.5 Å². The molecule has 31 heavy (non-hydrogen) atoms. The summed E-state index contributed by atoms with van der Waals surface area (Å²) >= 11 is 1.14. The molecule has 0 aliphatic carbocycles. The Morgan fingerprint density at radius 3 is 2.77 bits per heavy atom. The molecule has 4 aromatic rings. The number of non-ortho nitro benzene ring substituents is 1. The lowest BCUT2D eigenvalue weighted by Gasteiger charge is -2.19. The fourth-order valence-corrected chi connectivity index (χ4v) is 3.44. The van der Waals surface area contributed by atoms with Crippen molar-refractivity contribution in [1.29, 1.82) is 0 Å². The topological polar surface area (TPSA) is 125 Å². The molecule has 1 N–H and O–H groups in total. The molecule has 158 valence electrons. The van der Waals surface area contributed by atoms with Crippen molar-refractivity contribution in [2.75, 3.05) is 5.32 Å². The first-order chi connectivity index (χ1) is 14.7. The van der Waals surface area contributed by atoms with Gasteiger partial charge >= 0.3 is 6.09 Å². The fourth-order valence-electron chi connectivity index (χ4n) is 2.83. The Labute approximate surface area is 180 Å². The zero-order valence-electron chi connectivity index (χ0n) is 16.9. The number of nitrogens with one attached hydrogen (secondary N) is 1. The molecule has 0 spiro atoms. The summed E-state index contributed by atoms with van der Waals surface area (Å²) in [5, 5.41) is 19.5. The molecular weight excluding hydrogens is 420 g/mol. The van der Waals surface area contributed by atoms with Gasteiger partial charge in [-0.25, -0.2) is 4.79 Å². The maximum Gasteiger partial charge on any atom is 0.435 e. The molecule has 0 unspecified atom stereocenters. The quantitative estimate of drug-likeness (QED) is 0.349. The second-order valence-electron chi connectivity index (χ2n) is 7.67. The Hall–Kier alpha value is -3.86. The van der Waals surface area contributed by atoms with Crippen LogP contribution in [0.25, 0.3) is 22.3 Å². The molecule has 10 nitrogen and oxygen atoms in total. The van der Waals surface area contributed by atoms with Crippen molar-refractivity contribution in [3.8, 4) is 11.4 Å². The number of aromatic nitrogens is 4. The third kappa shape index (κ3) is 4.51. The summed E-state index contributed by atoms with van der Waals surface area (Å²) < 4.78 is 10.9. The van der Waals surface area contributed by atoms with Crippen LogP contribution in [0.5, 0.6) is 0 Å². The zero-order valence-corrected chi connectivity index (χ0v) is 17.7. The first-order valence-corrected chi connectivity index (χ1v) is 10.0. The summed E-state index contributed by atoms with van der Waals surface area (Å²) in [5.41, 5.74) is 1.28. The molecular formula is C20H18N6O4S. The minimum absolute atomic E-state index is 0.0192. The molecule has 0 fully saturated rings. The van der Waals surface area contributed by atoms with Crippen LogP contribution in [0, 0.1) is 10.1 Å². The van der Waals surface area contributed by atoms with E-state index in [1.165, 1.54) is 16.8 Å². The highest BCUT2D eigenvalue weighted by Crippen LogP contribution is 2.28. The van der Waals surface area contributed by atoms with Crippen LogP contribution in [0.2, 0.25) is 0 Å². The van der Waals surface area contributed by atoms with Crippen LogP contribution in [0.3, 0.4) is 0 Å². The van der Waals surface area contributed by atoms with Gasteiger partial charge in [0.05, 0.1) is 16.6 Å². The number of fused-ring (bicyclic) bond motifs is 1. The Morgan fingerprint density at radius 2 is 2.03 bits per heavy atom. The normalized spacial score (nSPS) is 11.5. The lowest BCUT2D eigenvalue weighted by molar-refractivity contribution is -0.384. The molecule has 0 amide bonds.